The van der Waals surface area contributed by atoms with Crippen molar-refractivity contribution < 1.29 is 4.74 Å². The van der Waals surface area contributed by atoms with Crippen LogP contribution in [-0.4, -0.2) is 24.6 Å². The average Bonchev–Trinajstić information content (AvgIpc) is 2.35. The summed E-state index contributed by atoms with van der Waals surface area (Å²) in [5.41, 5.74) is 7.98. The van der Waals surface area contributed by atoms with Gasteiger partial charge < -0.3 is 10.5 Å². The van der Waals surface area contributed by atoms with Gasteiger partial charge in [-0.1, -0.05) is 19.9 Å². The molecule has 2 N–H and O–H groups in total. The van der Waals surface area contributed by atoms with E-state index in [1.165, 1.54) is 18.5 Å². The van der Waals surface area contributed by atoms with E-state index in [0.717, 1.165) is 29.8 Å². The van der Waals surface area contributed by atoms with Crippen molar-refractivity contribution in [3.8, 4) is 5.75 Å². The quantitative estimate of drug-likeness (QED) is 0.850. The van der Waals surface area contributed by atoms with Gasteiger partial charge in [-0.3, -0.25) is 4.90 Å². The third kappa shape index (κ3) is 3.21. The molecule has 1 saturated heterocycles. The highest BCUT2D eigenvalue weighted by molar-refractivity contribution is 5.54. The molecule has 0 amide bonds. The highest BCUT2D eigenvalue weighted by atomic mass is 16.5. The Hall–Kier alpha value is -1.22. The van der Waals surface area contributed by atoms with Gasteiger partial charge in [0.1, 0.15) is 5.75 Å². The monoisotopic (exact) mass is 262 g/mol. The summed E-state index contributed by atoms with van der Waals surface area (Å²) >= 11 is 0. The molecule has 0 aromatic heterocycles. The second kappa shape index (κ2) is 5.83. The van der Waals surface area contributed by atoms with E-state index in [9.17, 15) is 0 Å². The van der Waals surface area contributed by atoms with Crippen molar-refractivity contribution in [1.82, 2.24) is 4.90 Å². The molecule has 0 aliphatic carbocycles. The van der Waals surface area contributed by atoms with Crippen LogP contribution < -0.4 is 10.5 Å². The van der Waals surface area contributed by atoms with Gasteiger partial charge in [0.25, 0.3) is 0 Å². The van der Waals surface area contributed by atoms with E-state index in [2.05, 4.69) is 31.7 Å². The van der Waals surface area contributed by atoms with Crippen LogP contribution in [0.1, 0.15) is 32.8 Å². The molecule has 0 bridgehead atoms. The number of ether oxygens (including phenoxy) is 1. The van der Waals surface area contributed by atoms with Gasteiger partial charge in [-0.2, -0.15) is 0 Å². The summed E-state index contributed by atoms with van der Waals surface area (Å²) in [6.07, 6.45) is 1.34. The first-order valence-electron chi connectivity index (χ1n) is 7.17. The van der Waals surface area contributed by atoms with Crippen molar-refractivity contribution in [2.45, 2.75) is 39.8 Å². The zero-order valence-electron chi connectivity index (χ0n) is 12.5. The number of nitrogens with two attached hydrogens (primary N) is 1. The molecular weight excluding hydrogens is 236 g/mol. The Morgan fingerprint density at radius 1 is 1.32 bits per heavy atom. The molecular formula is C16H26N2O. The zero-order valence-corrected chi connectivity index (χ0v) is 12.5. The lowest BCUT2D eigenvalue weighted by Crippen LogP contribution is -2.45. The number of benzene rings is 1. The van der Waals surface area contributed by atoms with E-state index < -0.39 is 0 Å². The van der Waals surface area contributed by atoms with Gasteiger partial charge >= 0.3 is 0 Å². The molecule has 1 heterocycles. The first-order chi connectivity index (χ1) is 9.01. The molecule has 106 valence electrons. The number of likely N-dealkylation sites (tertiary alicyclic amines) is 1. The van der Waals surface area contributed by atoms with Crippen molar-refractivity contribution in [2.75, 3.05) is 19.4 Å². The number of nitrogen functional groups attached to an aromatic ring is 1. The van der Waals surface area contributed by atoms with Gasteiger partial charge in [-0.15, -0.1) is 0 Å². The lowest BCUT2D eigenvalue weighted by atomic mass is 9.86. The molecule has 1 aliphatic rings. The number of anilines is 1. The molecule has 1 aliphatic heterocycles. The fourth-order valence-corrected chi connectivity index (χ4v) is 3.16. The Bertz CT molecular complexity index is 433. The number of hydrogen-bond acceptors (Lipinski definition) is 3. The van der Waals surface area contributed by atoms with E-state index in [-0.39, 0.29) is 0 Å². The molecule has 3 atom stereocenters. The number of rotatable bonds is 3. The van der Waals surface area contributed by atoms with Gasteiger partial charge in [0.2, 0.25) is 0 Å². The van der Waals surface area contributed by atoms with Gasteiger partial charge in [-0.05, 0) is 42.9 Å². The normalized spacial score (nSPS) is 28.3. The number of hydrogen-bond donors (Lipinski definition) is 1. The summed E-state index contributed by atoms with van der Waals surface area (Å²) < 4.78 is 5.21. The van der Waals surface area contributed by atoms with Crippen LogP contribution >= 0.6 is 0 Å². The van der Waals surface area contributed by atoms with Crippen LogP contribution in [0.4, 0.5) is 5.69 Å². The van der Waals surface area contributed by atoms with Crippen molar-refractivity contribution in [1.29, 1.82) is 0 Å². The Morgan fingerprint density at radius 2 is 2.05 bits per heavy atom. The maximum Gasteiger partial charge on any atom is 0.141 e. The topological polar surface area (TPSA) is 38.5 Å². The lowest BCUT2D eigenvalue weighted by Gasteiger charge is -2.41. The molecule has 0 radical (unpaired) electrons. The molecule has 1 aromatic carbocycles. The van der Waals surface area contributed by atoms with Crippen LogP contribution in [0.3, 0.4) is 0 Å². The Kier molecular flexibility index (Phi) is 4.35. The van der Waals surface area contributed by atoms with Crippen LogP contribution in [0.25, 0.3) is 0 Å². The molecule has 3 nitrogen and oxygen atoms in total. The summed E-state index contributed by atoms with van der Waals surface area (Å²) in [5.74, 6) is 2.30. The molecule has 0 saturated carbocycles. The molecule has 2 rings (SSSR count). The van der Waals surface area contributed by atoms with Crippen molar-refractivity contribution in [3.05, 3.63) is 23.8 Å². The molecule has 0 spiro atoms. The SMILES string of the molecule is COc1ccc(CN2CC(C)CC(C)C2C)cc1N. The minimum atomic E-state index is 0.638. The Labute approximate surface area is 116 Å². The molecule has 3 unspecified atom stereocenters. The van der Waals surface area contributed by atoms with Crippen LogP contribution in [0.2, 0.25) is 0 Å². The van der Waals surface area contributed by atoms with E-state index in [4.69, 9.17) is 10.5 Å². The predicted octanol–water partition coefficient (Wildman–Crippen LogP) is 3.14. The van der Waals surface area contributed by atoms with Crippen molar-refractivity contribution in [3.63, 3.8) is 0 Å². The van der Waals surface area contributed by atoms with Crippen LogP contribution in [0, 0.1) is 11.8 Å². The number of nitrogens with zero attached hydrogens (tertiary/aromatic N) is 1. The van der Waals surface area contributed by atoms with E-state index in [1.807, 2.05) is 12.1 Å². The minimum Gasteiger partial charge on any atom is -0.495 e. The summed E-state index contributed by atoms with van der Waals surface area (Å²) in [6.45, 7) is 9.19. The molecule has 3 heteroatoms. The van der Waals surface area contributed by atoms with E-state index >= 15 is 0 Å². The first kappa shape index (κ1) is 14.2. The van der Waals surface area contributed by atoms with Gasteiger partial charge in [0.05, 0.1) is 12.8 Å². The zero-order chi connectivity index (χ0) is 14.0. The first-order valence-corrected chi connectivity index (χ1v) is 7.17. The molecule has 1 aromatic rings. The average molecular weight is 262 g/mol. The van der Waals surface area contributed by atoms with Gasteiger partial charge in [-0.25, -0.2) is 0 Å². The maximum atomic E-state index is 5.98. The summed E-state index contributed by atoms with van der Waals surface area (Å²) in [7, 11) is 1.65. The number of methoxy groups -OCH3 is 1. The second-order valence-electron chi connectivity index (χ2n) is 6.06. The van der Waals surface area contributed by atoms with Crippen LogP contribution in [0.5, 0.6) is 5.75 Å². The largest absolute Gasteiger partial charge is 0.495 e. The smallest absolute Gasteiger partial charge is 0.141 e. The van der Waals surface area contributed by atoms with Crippen LogP contribution in [0.15, 0.2) is 18.2 Å². The van der Waals surface area contributed by atoms with Crippen molar-refractivity contribution >= 4 is 5.69 Å². The summed E-state index contributed by atoms with van der Waals surface area (Å²) in [6, 6.07) is 6.76. The van der Waals surface area contributed by atoms with Gasteiger partial charge in [0.15, 0.2) is 0 Å². The minimum absolute atomic E-state index is 0.638. The Balaban J connectivity index is 2.09. The summed E-state index contributed by atoms with van der Waals surface area (Å²) in [4.78, 5) is 2.57. The fourth-order valence-electron chi connectivity index (χ4n) is 3.16. The lowest BCUT2D eigenvalue weighted by molar-refractivity contribution is 0.0730. The fraction of sp³-hybridized carbons (Fsp3) is 0.625. The highest BCUT2D eigenvalue weighted by Gasteiger charge is 2.28. The third-order valence-electron chi connectivity index (χ3n) is 4.40. The van der Waals surface area contributed by atoms with Crippen molar-refractivity contribution in [2.24, 2.45) is 11.8 Å². The third-order valence-corrected chi connectivity index (χ3v) is 4.40. The van der Waals surface area contributed by atoms with E-state index in [1.54, 1.807) is 7.11 Å². The van der Waals surface area contributed by atoms with Crippen LogP contribution in [-0.2, 0) is 6.54 Å². The molecule has 19 heavy (non-hydrogen) atoms. The number of piperidine rings is 1. The maximum absolute atomic E-state index is 5.98. The highest BCUT2D eigenvalue weighted by Crippen LogP contribution is 2.29. The predicted molar refractivity (Wildman–Crippen MR) is 80.2 cm³/mol. The summed E-state index contributed by atoms with van der Waals surface area (Å²) in [5, 5.41) is 0. The second-order valence-corrected chi connectivity index (χ2v) is 6.06. The Morgan fingerprint density at radius 3 is 2.68 bits per heavy atom. The van der Waals surface area contributed by atoms with Gasteiger partial charge in [0, 0.05) is 19.1 Å². The molecule has 1 fully saturated rings. The van der Waals surface area contributed by atoms with E-state index in [0.29, 0.717) is 6.04 Å². The standard InChI is InChI=1S/C16H26N2O/c1-11-7-12(2)13(3)18(9-11)10-14-5-6-16(19-4)15(17)8-14/h5-6,8,11-13H,7,9-10,17H2,1-4H3.